The van der Waals surface area contributed by atoms with Gasteiger partial charge >= 0.3 is 0 Å². The number of fused-ring (bicyclic) bond motifs is 1. The van der Waals surface area contributed by atoms with Crippen LogP contribution < -0.4 is 20.9 Å². The maximum atomic E-state index is 13.2. The van der Waals surface area contributed by atoms with Gasteiger partial charge in [-0.1, -0.05) is 18.2 Å². The summed E-state index contributed by atoms with van der Waals surface area (Å²) in [5.41, 5.74) is 2.37. The molecule has 10 heteroatoms. The highest BCUT2D eigenvalue weighted by Crippen LogP contribution is 2.30. The average molecular weight is 435 g/mol. The Hall–Kier alpha value is -3.53. The van der Waals surface area contributed by atoms with E-state index in [9.17, 15) is 14.4 Å². The van der Waals surface area contributed by atoms with Gasteiger partial charge in [-0.2, -0.15) is 0 Å². The van der Waals surface area contributed by atoms with Gasteiger partial charge in [0.25, 0.3) is 5.91 Å². The van der Waals surface area contributed by atoms with E-state index in [1.54, 1.807) is 11.2 Å². The molecule has 1 aromatic carbocycles. The Morgan fingerprint density at radius 1 is 1.12 bits per heavy atom. The Bertz CT molecular complexity index is 1070. The number of carbonyl (C=O) groups is 3. The number of carbonyl (C=O) groups excluding carboxylic acids is 3. The molecule has 0 spiro atoms. The van der Waals surface area contributed by atoms with Crippen LogP contribution in [-0.4, -0.2) is 64.8 Å². The van der Waals surface area contributed by atoms with Crippen LogP contribution in [-0.2, 0) is 22.7 Å². The minimum Gasteiger partial charge on any atom is -0.366 e. The summed E-state index contributed by atoms with van der Waals surface area (Å²) in [4.78, 5) is 49.5. The topological polar surface area (TPSA) is 120 Å². The predicted molar refractivity (Wildman–Crippen MR) is 117 cm³/mol. The molecule has 5 rings (SSSR count). The van der Waals surface area contributed by atoms with Crippen molar-refractivity contribution in [3.63, 3.8) is 0 Å². The summed E-state index contributed by atoms with van der Waals surface area (Å²) in [7, 11) is 0. The van der Waals surface area contributed by atoms with E-state index in [0.717, 1.165) is 43.1 Å². The van der Waals surface area contributed by atoms with Gasteiger partial charge in [-0.3, -0.25) is 19.7 Å². The van der Waals surface area contributed by atoms with Crippen LogP contribution in [0, 0.1) is 0 Å². The number of nitrogens with one attached hydrogen (secondary N) is 3. The summed E-state index contributed by atoms with van der Waals surface area (Å²) in [6.45, 7) is 4.44. The lowest BCUT2D eigenvalue weighted by Crippen LogP contribution is -2.52. The van der Waals surface area contributed by atoms with Gasteiger partial charge in [0.1, 0.15) is 24.0 Å². The van der Waals surface area contributed by atoms with E-state index in [0.29, 0.717) is 30.9 Å². The van der Waals surface area contributed by atoms with Crippen LogP contribution in [0.25, 0.3) is 0 Å². The van der Waals surface area contributed by atoms with Gasteiger partial charge in [-0.15, -0.1) is 0 Å². The Kier molecular flexibility index (Phi) is 5.44. The number of hydrogen-bond acceptors (Lipinski definition) is 8. The molecule has 2 aromatic rings. The smallest absolute Gasteiger partial charge is 0.255 e. The van der Waals surface area contributed by atoms with Crippen molar-refractivity contribution >= 4 is 29.4 Å². The first kappa shape index (κ1) is 20.4. The molecule has 4 heterocycles. The van der Waals surface area contributed by atoms with Crippen LogP contribution in [0.3, 0.4) is 0 Å². The van der Waals surface area contributed by atoms with Crippen molar-refractivity contribution in [3.05, 3.63) is 47.3 Å². The molecule has 1 aromatic heterocycles. The van der Waals surface area contributed by atoms with Crippen LogP contribution in [0.1, 0.15) is 34.3 Å². The van der Waals surface area contributed by atoms with Gasteiger partial charge in [-0.05, 0) is 17.5 Å². The molecule has 0 bridgehead atoms. The van der Waals surface area contributed by atoms with E-state index in [1.807, 2.05) is 24.3 Å². The maximum absolute atomic E-state index is 13.2. The Labute approximate surface area is 185 Å². The number of aromatic nitrogens is 2. The molecule has 3 amide bonds. The molecule has 2 saturated heterocycles. The highest BCUT2D eigenvalue weighted by Gasteiger charge is 2.39. The number of rotatable bonds is 5. The molecule has 1 atom stereocenters. The second-order valence-electron chi connectivity index (χ2n) is 8.20. The number of benzene rings is 1. The second-order valence-corrected chi connectivity index (χ2v) is 8.20. The van der Waals surface area contributed by atoms with Gasteiger partial charge in [0.15, 0.2) is 0 Å². The van der Waals surface area contributed by atoms with Crippen molar-refractivity contribution in [1.82, 2.24) is 25.5 Å². The molecule has 166 valence electrons. The van der Waals surface area contributed by atoms with Crippen molar-refractivity contribution in [2.24, 2.45) is 0 Å². The van der Waals surface area contributed by atoms with E-state index in [-0.39, 0.29) is 18.2 Å². The van der Waals surface area contributed by atoms with Crippen LogP contribution in [0.2, 0.25) is 0 Å². The summed E-state index contributed by atoms with van der Waals surface area (Å²) in [6, 6.07) is 7.05. The highest BCUT2D eigenvalue weighted by molar-refractivity contribution is 6.06. The van der Waals surface area contributed by atoms with Crippen LogP contribution in [0.5, 0.6) is 0 Å². The summed E-state index contributed by atoms with van der Waals surface area (Å²) >= 11 is 0. The second kappa shape index (κ2) is 8.54. The first-order valence-corrected chi connectivity index (χ1v) is 10.9. The fourth-order valence-corrected chi connectivity index (χ4v) is 4.53. The molecule has 3 N–H and O–H groups in total. The Morgan fingerprint density at radius 2 is 1.97 bits per heavy atom. The third kappa shape index (κ3) is 3.89. The van der Waals surface area contributed by atoms with Crippen molar-refractivity contribution in [2.45, 2.75) is 32.0 Å². The quantitative estimate of drug-likeness (QED) is 0.572. The molecule has 10 nitrogen and oxygen atoms in total. The lowest BCUT2D eigenvalue weighted by Gasteiger charge is -2.29. The first-order valence-electron chi connectivity index (χ1n) is 10.9. The predicted octanol–water partition coefficient (Wildman–Crippen LogP) is 0.259. The number of imide groups is 1. The van der Waals surface area contributed by atoms with Gasteiger partial charge in [0, 0.05) is 57.3 Å². The van der Waals surface area contributed by atoms with Gasteiger partial charge in [0.05, 0.1) is 0 Å². The molecule has 3 aliphatic rings. The largest absolute Gasteiger partial charge is 0.366 e. The van der Waals surface area contributed by atoms with Crippen molar-refractivity contribution < 1.29 is 14.4 Å². The number of anilines is 2. The number of nitrogens with zero attached hydrogens (tertiary/aromatic N) is 4. The molecular formula is C22H25N7O3. The fourth-order valence-electron chi connectivity index (χ4n) is 4.53. The standard InChI is InChI=1S/C22H25N7O3/c30-19-5-4-16(21(31)27-19)29-12-15-3-1-2-14(20(15)22(29)32)11-24-17-10-18(26-13-25-17)28-8-6-23-7-9-28/h1-3,10,13,16,23H,4-9,11-12H2,(H,24,25,26)(H,27,30,31). The van der Waals surface area contributed by atoms with Crippen molar-refractivity contribution in [1.29, 1.82) is 0 Å². The van der Waals surface area contributed by atoms with Gasteiger partial charge in [0.2, 0.25) is 11.8 Å². The third-order valence-corrected chi connectivity index (χ3v) is 6.19. The summed E-state index contributed by atoms with van der Waals surface area (Å²) in [5.74, 6) is 0.714. The molecule has 2 fully saturated rings. The average Bonchev–Trinajstić information content (AvgIpc) is 3.15. The lowest BCUT2D eigenvalue weighted by molar-refractivity contribution is -0.136. The minimum absolute atomic E-state index is 0.170. The lowest BCUT2D eigenvalue weighted by atomic mass is 10.0. The summed E-state index contributed by atoms with van der Waals surface area (Å²) in [6.07, 6.45) is 2.15. The monoisotopic (exact) mass is 435 g/mol. The molecule has 0 aliphatic carbocycles. The normalized spacial score (nSPS) is 20.9. The van der Waals surface area contributed by atoms with E-state index in [4.69, 9.17) is 0 Å². The van der Waals surface area contributed by atoms with Gasteiger partial charge in [-0.25, -0.2) is 9.97 Å². The minimum atomic E-state index is -0.614. The Morgan fingerprint density at radius 3 is 2.78 bits per heavy atom. The number of hydrogen-bond donors (Lipinski definition) is 3. The number of amides is 3. The molecule has 0 radical (unpaired) electrons. The number of piperazine rings is 1. The fraction of sp³-hybridized carbons (Fsp3) is 0.409. The van der Waals surface area contributed by atoms with Crippen LogP contribution >= 0.6 is 0 Å². The zero-order valence-electron chi connectivity index (χ0n) is 17.6. The van der Waals surface area contributed by atoms with Crippen molar-refractivity contribution in [2.75, 3.05) is 36.4 Å². The summed E-state index contributed by atoms with van der Waals surface area (Å²) in [5, 5.41) is 8.98. The van der Waals surface area contributed by atoms with Crippen LogP contribution in [0.15, 0.2) is 30.6 Å². The van der Waals surface area contributed by atoms with E-state index in [1.165, 1.54) is 0 Å². The maximum Gasteiger partial charge on any atom is 0.255 e. The zero-order chi connectivity index (χ0) is 22.1. The van der Waals surface area contributed by atoms with E-state index >= 15 is 0 Å². The first-order chi connectivity index (χ1) is 15.6. The highest BCUT2D eigenvalue weighted by atomic mass is 16.2. The number of piperidine rings is 1. The molecular weight excluding hydrogens is 410 g/mol. The molecule has 3 aliphatic heterocycles. The molecule has 32 heavy (non-hydrogen) atoms. The van der Waals surface area contributed by atoms with Crippen LogP contribution in [0.4, 0.5) is 11.6 Å². The Balaban J connectivity index is 1.31. The molecule has 0 saturated carbocycles. The van der Waals surface area contributed by atoms with Gasteiger partial charge < -0.3 is 20.4 Å². The van der Waals surface area contributed by atoms with E-state index < -0.39 is 11.9 Å². The zero-order valence-corrected chi connectivity index (χ0v) is 17.6. The SMILES string of the molecule is O=C1CCC(N2Cc3cccc(CNc4cc(N5CCNCC5)ncn4)c3C2=O)C(=O)N1. The summed E-state index contributed by atoms with van der Waals surface area (Å²) < 4.78 is 0. The van der Waals surface area contributed by atoms with Crippen molar-refractivity contribution in [3.8, 4) is 0 Å². The molecule has 1 unspecified atom stereocenters. The third-order valence-electron chi connectivity index (χ3n) is 6.19. The van der Waals surface area contributed by atoms with E-state index in [2.05, 4.69) is 30.8 Å².